The molecule has 0 unspecified atom stereocenters. The lowest BCUT2D eigenvalue weighted by Crippen LogP contribution is -2.52. The fourth-order valence-corrected chi connectivity index (χ4v) is 5.50. The molecule has 0 bridgehead atoms. The highest BCUT2D eigenvalue weighted by Gasteiger charge is 2.51. The lowest BCUT2D eigenvalue weighted by atomic mass is 10.1. The first-order valence-corrected chi connectivity index (χ1v) is 15.3. The van der Waals surface area contributed by atoms with Crippen molar-refractivity contribution in [1.82, 2.24) is 19.6 Å². The molecule has 1 spiro atoms. The van der Waals surface area contributed by atoms with Crippen LogP contribution in [0.4, 0.5) is 11.4 Å². The SMILES string of the molecule is Cc1nn(-c2ccccc2)c2c1/C=N/c1ccccc1C(=O)OC1(OC(=O)c3ccccc3/N=C/c3c(C)nn(-c4ccccc4)c3O1)O2. The van der Waals surface area contributed by atoms with Gasteiger partial charge in [0.05, 0.1) is 56.4 Å². The lowest BCUT2D eigenvalue weighted by Gasteiger charge is -2.31. The Morgan fingerprint density at radius 1 is 0.510 bits per heavy atom. The van der Waals surface area contributed by atoms with Crippen molar-refractivity contribution < 1.29 is 28.5 Å². The number of rotatable bonds is 2. The minimum Gasteiger partial charge on any atom is -0.367 e. The average molecular weight is 651 g/mol. The van der Waals surface area contributed by atoms with Gasteiger partial charge in [-0.1, -0.05) is 60.7 Å². The molecule has 0 fully saturated rings. The zero-order chi connectivity index (χ0) is 33.5. The fourth-order valence-electron chi connectivity index (χ4n) is 5.50. The van der Waals surface area contributed by atoms with Crippen LogP contribution in [0, 0.1) is 13.8 Å². The molecule has 6 aromatic rings. The van der Waals surface area contributed by atoms with Gasteiger partial charge in [-0.3, -0.25) is 9.98 Å². The highest BCUT2D eigenvalue weighted by molar-refractivity contribution is 5.99. The van der Waals surface area contributed by atoms with Crippen molar-refractivity contribution in [2.45, 2.75) is 20.0 Å². The summed E-state index contributed by atoms with van der Waals surface area (Å²) in [6.45, 7) is 3.56. The van der Waals surface area contributed by atoms with Gasteiger partial charge in [0.25, 0.3) is 0 Å². The molecule has 4 aromatic carbocycles. The highest BCUT2D eigenvalue weighted by atomic mass is 17.0. The number of benzene rings is 4. The zero-order valence-corrected chi connectivity index (χ0v) is 26.2. The first-order chi connectivity index (χ1) is 23.9. The van der Waals surface area contributed by atoms with E-state index < -0.39 is 18.1 Å². The Kier molecular flexibility index (Phi) is 7.10. The van der Waals surface area contributed by atoms with Gasteiger partial charge >= 0.3 is 18.1 Å². The van der Waals surface area contributed by atoms with Gasteiger partial charge in [-0.25, -0.2) is 9.59 Å². The smallest absolute Gasteiger partial charge is 0.367 e. The predicted molar refractivity (Wildman–Crippen MR) is 179 cm³/mol. The maximum atomic E-state index is 14.1. The van der Waals surface area contributed by atoms with Gasteiger partial charge in [0.1, 0.15) is 0 Å². The maximum Gasteiger partial charge on any atom is 0.618 e. The van der Waals surface area contributed by atoms with Gasteiger partial charge in [-0.2, -0.15) is 19.6 Å². The minimum absolute atomic E-state index is 0.0236. The molecule has 12 nitrogen and oxygen atoms in total. The van der Waals surface area contributed by atoms with E-state index in [2.05, 4.69) is 9.98 Å². The first-order valence-electron chi connectivity index (χ1n) is 15.3. The second kappa shape index (κ2) is 11.8. The van der Waals surface area contributed by atoms with E-state index in [1.807, 2.05) is 60.7 Å². The number of ether oxygens (including phenoxy) is 4. The molecule has 0 saturated carbocycles. The van der Waals surface area contributed by atoms with E-state index in [0.717, 1.165) is 0 Å². The number of carbonyl (C=O) groups excluding carboxylic acids is 2. The van der Waals surface area contributed by atoms with Crippen LogP contribution in [0.2, 0.25) is 0 Å². The van der Waals surface area contributed by atoms with Crippen molar-refractivity contribution in [3.63, 3.8) is 0 Å². The highest BCUT2D eigenvalue weighted by Crippen LogP contribution is 2.38. The summed E-state index contributed by atoms with van der Waals surface area (Å²) in [5.41, 5.74) is 3.85. The molecule has 4 heterocycles. The normalized spacial score (nSPS) is 16.0. The Balaban J connectivity index is 1.43. The Bertz CT molecular complexity index is 2150. The largest absolute Gasteiger partial charge is 0.618 e. The molecule has 0 N–H and O–H groups in total. The molecule has 2 aliphatic heterocycles. The van der Waals surface area contributed by atoms with E-state index in [-0.39, 0.29) is 22.9 Å². The van der Waals surface area contributed by atoms with E-state index in [1.165, 1.54) is 21.8 Å². The summed E-state index contributed by atoms with van der Waals surface area (Å²) in [6, 6.07) is 31.6. The van der Waals surface area contributed by atoms with Crippen molar-refractivity contribution in [2.75, 3.05) is 0 Å². The summed E-state index contributed by atoms with van der Waals surface area (Å²) < 4.78 is 28.3. The number of hydrogen-bond acceptors (Lipinski definition) is 10. The summed E-state index contributed by atoms with van der Waals surface area (Å²) in [7, 11) is 0. The molecule has 8 rings (SSSR count). The van der Waals surface area contributed by atoms with Gasteiger partial charge < -0.3 is 18.9 Å². The van der Waals surface area contributed by atoms with Crippen molar-refractivity contribution >= 4 is 35.7 Å². The molecular formula is C37H26N6O6. The third-order valence-corrected chi connectivity index (χ3v) is 7.92. The molecule has 2 aliphatic rings. The standard InChI is InChI=1S/C37H26N6O6/c1-23-29-21-38-31-19-11-9-17-27(31)35(44)48-37(46-33(29)42(40-23)25-13-5-3-6-14-25)47-34-30(24(2)41-43(34)26-15-7-4-8-16-26)22-39-32-20-12-10-18-28(32)36(45)49-37/h3-22H,1-2H3/b38-21+,39-22+. The van der Waals surface area contributed by atoms with Gasteiger partial charge in [-0.05, 0) is 62.4 Å². The van der Waals surface area contributed by atoms with E-state index >= 15 is 0 Å². The number of esters is 2. The minimum atomic E-state index is -2.88. The van der Waals surface area contributed by atoms with Crippen molar-refractivity contribution in [1.29, 1.82) is 0 Å². The Morgan fingerprint density at radius 2 is 0.898 bits per heavy atom. The summed E-state index contributed by atoms with van der Waals surface area (Å²) >= 11 is 0. The molecule has 0 amide bonds. The van der Waals surface area contributed by atoms with Crippen molar-refractivity contribution in [2.24, 2.45) is 9.98 Å². The number of hydrogen-bond donors (Lipinski definition) is 0. The van der Waals surface area contributed by atoms with Crippen LogP contribution >= 0.6 is 0 Å². The fraction of sp³-hybridized carbons (Fsp3) is 0.0811. The predicted octanol–water partition coefficient (Wildman–Crippen LogP) is 6.59. The molecule has 2 aromatic heterocycles. The first kappa shape index (κ1) is 29.6. The zero-order valence-electron chi connectivity index (χ0n) is 26.2. The number of para-hydroxylation sites is 4. The van der Waals surface area contributed by atoms with E-state index in [1.54, 1.807) is 62.4 Å². The summed E-state index contributed by atoms with van der Waals surface area (Å²) in [5, 5.41) is 9.46. The second-order valence-corrected chi connectivity index (χ2v) is 11.1. The Hall–Kier alpha value is -6.82. The monoisotopic (exact) mass is 650 g/mol. The van der Waals surface area contributed by atoms with E-state index in [0.29, 0.717) is 45.3 Å². The number of fused-ring (bicyclic) bond motifs is 4. The summed E-state index contributed by atoms with van der Waals surface area (Å²) in [5.74, 6) is -1.82. The molecule has 240 valence electrons. The molecule has 0 radical (unpaired) electrons. The van der Waals surface area contributed by atoms with Gasteiger partial charge in [0.2, 0.25) is 11.8 Å². The number of aliphatic imine (C=N–C) groups is 2. The third kappa shape index (κ3) is 5.30. The molecule has 12 heteroatoms. The van der Waals surface area contributed by atoms with E-state index in [9.17, 15) is 9.59 Å². The summed E-state index contributed by atoms with van der Waals surface area (Å²) in [6.07, 6.45) is 0.193. The molecule has 0 atom stereocenters. The van der Waals surface area contributed by atoms with Crippen molar-refractivity contribution in [3.8, 4) is 23.1 Å². The number of aryl methyl sites for hydroxylation is 2. The summed E-state index contributed by atoms with van der Waals surface area (Å²) in [4.78, 5) is 37.5. The van der Waals surface area contributed by atoms with Crippen LogP contribution in [0.1, 0.15) is 43.2 Å². The second-order valence-electron chi connectivity index (χ2n) is 11.1. The van der Waals surface area contributed by atoms with Crippen molar-refractivity contribution in [3.05, 3.63) is 143 Å². The number of nitrogens with zero attached hydrogens (tertiary/aromatic N) is 6. The third-order valence-electron chi connectivity index (χ3n) is 7.92. The molecule has 49 heavy (non-hydrogen) atoms. The Labute approximate surface area is 279 Å². The van der Waals surface area contributed by atoms with Crippen LogP contribution in [0.5, 0.6) is 11.8 Å². The van der Waals surface area contributed by atoms with Crippen LogP contribution in [0.3, 0.4) is 0 Å². The molecule has 0 saturated heterocycles. The average Bonchev–Trinajstić information content (AvgIpc) is 3.60. The van der Waals surface area contributed by atoms with Gasteiger partial charge in [0.15, 0.2) is 0 Å². The molecular weight excluding hydrogens is 624 g/mol. The quantitative estimate of drug-likeness (QED) is 0.192. The topological polar surface area (TPSA) is 131 Å². The van der Waals surface area contributed by atoms with Crippen LogP contribution in [-0.2, 0) is 9.47 Å². The van der Waals surface area contributed by atoms with Crippen LogP contribution in [0.15, 0.2) is 119 Å². The lowest BCUT2D eigenvalue weighted by molar-refractivity contribution is -0.394. The van der Waals surface area contributed by atoms with Gasteiger partial charge in [-0.15, -0.1) is 0 Å². The van der Waals surface area contributed by atoms with E-state index in [4.69, 9.17) is 29.1 Å². The number of aromatic nitrogens is 4. The van der Waals surface area contributed by atoms with Crippen LogP contribution < -0.4 is 9.47 Å². The Morgan fingerprint density at radius 3 is 1.33 bits per heavy atom. The number of carbonyl (C=O) groups is 2. The van der Waals surface area contributed by atoms with Gasteiger partial charge in [0, 0.05) is 12.4 Å². The molecule has 0 aliphatic carbocycles. The van der Waals surface area contributed by atoms with Crippen LogP contribution in [0.25, 0.3) is 11.4 Å². The van der Waals surface area contributed by atoms with Crippen LogP contribution in [-0.4, -0.2) is 50.1 Å². The maximum absolute atomic E-state index is 14.1.